The van der Waals surface area contributed by atoms with Crippen molar-refractivity contribution in [3.63, 3.8) is 0 Å². The van der Waals surface area contributed by atoms with Crippen molar-refractivity contribution in [2.75, 3.05) is 26.2 Å². The van der Waals surface area contributed by atoms with Crippen LogP contribution in [0.3, 0.4) is 0 Å². The Kier molecular flexibility index (Phi) is 6.49. The van der Waals surface area contributed by atoms with Crippen molar-refractivity contribution in [3.8, 4) is 0 Å². The third kappa shape index (κ3) is 4.60. The summed E-state index contributed by atoms with van der Waals surface area (Å²) < 4.78 is 5.13. The SMILES string of the molecule is CCOC(=O)CN(C1CCCCC1)C1CCN(C(=O)O)CC1. The molecule has 0 atom stereocenters. The Labute approximate surface area is 132 Å². The van der Waals surface area contributed by atoms with Gasteiger partial charge in [0.25, 0.3) is 0 Å². The number of likely N-dealkylation sites (tertiary alicyclic amines) is 1. The molecule has 2 fully saturated rings. The fourth-order valence-electron chi connectivity index (χ4n) is 3.71. The zero-order chi connectivity index (χ0) is 15.9. The summed E-state index contributed by atoms with van der Waals surface area (Å²) in [7, 11) is 0. The molecule has 1 heterocycles. The molecule has 22 heavy (non-hydrogen) atoms. The van der Waals surface area contributed by atoms with E-state index >= 15 is 0 Å². The summed E-state index contributed by atoms with van der Waals surface area (Å²) in [5.74, 6) is -0.159. The van der Waals surface area contributed by atoms with Crippen molar-refractivity contribution in [3.05, 3.63) is 0 Å². The minimum absolute atomic E-state index is 0.159. The van der Waals surface area contributed by atoms with E-state index in [1.54, 1.807) is 0 Å². The van der Waals surface area contributed by atoms with E-state index in [9.17, 15) is 9.59 Å². The van der Waals surface area contributed by atoms with Crippen molar-refractivity contribution < 1.29 is 19.4 Å². The first kappa shape index (κ1) is 17.1. The normalized spacial score (nSPS) is 21.1. The van der Waals surface area contributed by atoms with Crippen molar-refractivity contribution in [2.24, 2.45) is 0 Å². The quantitative estimate of drug-likeness (QED) is 0.789. The summed E-state index contributed by atoms with van der Waals surface area (Å²) in [6, 6.07) is 0.739. The van der Waals surface area contributed by atoms with Gasteiger partial charge in [-0.1, -0.05) is 19.3 Å². The second-order valence-corrected chi connectivity index (χ2v) is 6.27. The van der Waals surface area contributed by atoms with E-state index in [0.717, 1.165) is 25.7 Å². The van der Waals surface area contributed by atoms with Crippen LogP contribution < -0.4 is 0 Å². The van der Waals surface area contributed by atoms with Gasteiger partial charge in [-0.25, -0.2) is 4.79 Å². The first-order valence-electron chi connectivity index (χ1n) is 8.51. The van der Waals surface area contributed by atoms with Crippen LogP contribution in [-0.2, 0) is 9.53 Å². The van der Waals surface area contributed by atoms with Gasteiger partial charge in [0.05, 0.1) is 13.2 Å². The highest BCUT2D eigenvalue weighted by atomic mass is 16.5. The molecular formula is C16H28N2O4. The number of nitrogens with zero attached hydrogens (tertiary/aromatic N) is 2. The molecule has 0 aromatic rings. The van der Waals surface area contributed by atoms with E-state index in [2.05, 4.69) is 4.90 Å². The van der Waals surface area contributed by atoms with Crippen LogP contribution in [0.5, 0.6) is 0 Å². The highest BCUT2D eigenvalue weighted by molar-refractivity contribution is 5.71. The average molecular weight is 312 g/mol. The average Bonchev–Trinajstić information content (AvgIpc) is 2.54. The molecule has 6 heteroatoms. The van der Waals surface area contributed by atoms with Gasteiger partial charge in [-0.05, 0) is 32.6 Å². The van der Waals surface area contributed by atoms with Gasteiger partial charge in [-0.15, -0.1) is 0 Å². The van der Waals surface area contributed by atoms with Gasteiger partial charge in [0.15, 0.2) is 0 Å². The Morgan fingerprint density at radius 3 is 2.23 bits per heavy atom. The lowest BCUT2D eigenvalue weighted by molar-refractivity contribution is -0.146. The molecule has 1 N–H and O–H groups in total. The fraction of sp³-hybridized carbons (Fsp3) is 0.875. The number of carbonyl (C=O) groups excluding carboxylic acids is 1. The fourth-order valence-corrected chi connectivity index (χ4v) is 3.71. The molecule has 1 aliphatic carbocycles. The van der Waals surface area contributed by atoms with Gasteiger partial charge >= 0.3 is 12.1 Å². The molecule has 2 aliphatic rings. The summed E-state index contributed by atoms with van der Waals surface area (Å²) in [6.07, 6.45) is 6.77. The molecule has 1 saturated carbocycles. The van der Waals surface area contributed by atoms with Crippen molar-refractivity contribution >= 4 is 12.1 Å². The topological polar surface area (TPSA) is 70.1 Å². The van der Waals surface area contributed by atoms with Crippen molar-refractivity contribution in [1.29, 1.82) is 0 Å². The van der Waals surface area contributed by atoms with Gasteiger partial charge in [-0.3, -0.25) is 9.69 Å². The van der Waals surface area contributed by atoms with Crippen LogP contribution >= 0.6 is 0 Å². The summed E-state index contributed by atoms with van der Waals surface area (Å²) in [5.41, 5.74) is 0. The largest absolute Gasteiger partial charge is 0.465 e. The summed E-state index contributed by atoms with van der Waals surface area (Å²) in [5, 5.41) is 9.07. The van der Waals surface area contributed by atoms with Crippen LogP contribution in [0.2, 0.25) is 0 Å². The summed E-state index contributed by atoms with van der Waals surface area (Å²) >= 11 is 0. The van der Waals surface area contributed by atoms with Gasteiger partial charge in [0.1, 0.15) is 0 Å². The lowest BCUT2D eigenvalue weighted by Crippen LogP contribution is -2.52. The second-order valence-electron chi connectivity index (χ2n) is 6.27. The van der Waals surface area contributed by atoms with E-state index < -0.39 is 6.09 Å². The van der Waals surface area contributed by atoms with E-state index in [-0.39, 0.29) is 5.97 Å². The predicted octanol–water partition coefficient (Wildman–Crippen LogP) is 2.33. The zero-order valence-corrected chi connectivity index (χ0v) is 13.5. The number of amides is 1. The Balaban J connectivity index is 1.97. The highest BCUT2D eigenvalue weighted by Crippen LogP contribution is 2.27. The molecule has 0 unspecified atom stereocenters. The number of carbonyl (C=O) groups is 2. The van der Waals surface area contributed by atoms with Crippen LogP contribution in [-0.4, -0.2) is 65.3 Å². The molecule has 6 nitrogen and oxygen atoms in total. The van der Waals surface area contributed by atoms with Crippen molar-refractivity contribution in [1.82, 2.24) is 9.80 Å². The van der Waals surface area contributed by atoms with Crippen LogP contribution in [0.4, 0.5) is 4.79 Å². The third-order valence-corrected chi connectivity index (χ3v) is 4.86. The molecule has 1 aliphatic heterocycles. The molecule has 0 aromatic heterocycles. The minimum Gasteiger partial charge on any atom is -0.465 e. The maximum Gasteiger partial charge on any atom is 0.407 e. The first-order chi connectivity index (χ1) is 10.6. The highest BCUT2D eigenvalue weighted by Gasteiger charge is 2.32. The Bertz CT molecular complexity index is 374. The van der Waals surface area contributed by atoms with Crippen LogP contribution in [0.25, 0.3) is 0 Å². The molecule has 0 aromatic carbocycles. The monoisotopic (exact) mass is 312 g/mol. The smallest absolute Gasteiger partial charge is 0.407 e. The van der Waals surface area contributed by atoms with Gasteiger partial charge in [0.2, 0.25) is 0 Å². The number of carboxylic acid groups (broad SMARTS) is 1. The number of hydrogen-bond donors (Lipinski definition) is 1. The molecule has 1 amide bonds. The number of esters is 1. The van der Waals surface area contributed by atoms with E-state index in [1.165, 1.54) is 24.2 Å². The number of hydrogen-bond acceptors (Lipinski definition) is 4. The molecule has 0 radical (unpaired) electrons. The number of ether oxygens (including phenoxy) is 1. The van der Waals surface area contributed by atoms with Gasteiger partial charge < -0.3 is 14.7 Å². The zero-order valence-electron chi connectivity index (χ0n) is 13.5. The Morgan fingerprint density at radius 2 is 1.68 bits per heavy atom. The molecule has 126 valence electrons. The predicted molar refractivity (Wildman–Crippen MR) is 82.8 cm³/mol. The summed E-state index contributed by atoms with van der Waals surface area (Å²) in [6.45, 7) is 3.71. The van der Waals surface area contributed by atoms with Crippen molar-refractivity contribution in [2.45, 2.75) is 64.0 Å². The van der Waals surface area contributed by atoms with Crippen LogP contribution in [0.15, 0.2) is 0 Å². The number of rotatable bonds is 5. The lowest BCUT2D eigenvalue weighted by Gasteiger charge is -2.42. The van der Waals surface area contributed by atoms with E-state index in [1.807, 2.05) is 6.92 Å². The maximum absolute atomic E-state index is 11.9. The Morgan fingerprint density at radius 1 is 1.09 bits per heavy atom. The molecule has 0 bridgehead atoms. The lowest BCUT2D eigenvalue weighted by atomic mass is 9.91. The van der Waals surface area contributed by atoms with E-state index in [4.69, 9.17) is 9.84 Å². The summed E-state index contributed by atoms with van der Waals surface area (Å²) in [4.78, 5) is 26.8. The minimum atomic E-state index is -0.840. The number of piperidine rings is 1. The van der Waals surface area contributed by atoms with Gasteiger partial charge in [-0.2, -0.15) is 0 Å². The standard InChI is InChI=1S/C16H28N2O4/c1-2-22-15(19)12-18(13-6-4-3-5-7-13)14-8-10-17(11-9-14)16(20)21/h13-14H,2-12H2,1H3,(H,20,21). The molecule has 0 spiro atoms. The second kappa shape index (κ2) is 8.36. The van der Waals surface area contributed by atoms with Crippen LogP contribution in [0, 0.1) is 0 Å². The van der Waals surface area contributed by atoms with Gasteiger partial charge in [0, 0.05) is 25.2 Å². The van der Waals surface area contributed by atoms with E-state index in [0.29, 0.717) is 38.3 Å². The maximum atomic E-state index is 11.9. The third-order valence-electron chi connectivity index (χ3n) is 4.86. The molecular weight excluding hydrogens is 284 g/mol. The molecule has 1 saturated heterocycles. The molecule has 2 rings (SSSR count). The van der Waals surface area contributed by atoms with Crippen LogP contribution in [0.1, 0.15) is 51.9 Å². The Hall–Kier alpha value is -1.30. The first-order valence-corrected chi connectivity index (χ1v) is 8.51.